The molecule has 0 unspecified atom stereocenters. The molecule has 9 nitrogen and oxygen atoms in total. The number of ether oxygens (including phenoxy) is 1. The number of carbonyl (C=O) groups excluding carboxylic acids is 1. The van der Waals surface area contributed by atoms with Gasteiger partial charge in [-0.25, -0.2) is 8.42 Å². The van der Waals surface area contributed by atoms with Crippen molar-refractivity contribution in [2.45, 2.75) is 25.1 Å². The number of aromatic nitrogens is 2. The standard InChI is InChI=1S/C18H25N5O4S2/c1-18(2,3)15(24)19-16-20-21-17(28-16)29(25,26)23-11-9-22(10-12-23)13-5-7-14(27-4)8-6-13/h5-8H,9-12H2,1-4H3,(H,19,20,24). The molecule has 1 amide bonds. The average molecular weight is 440 g/mol. The fourth-order valence-electron chi connectivity index (χ4n) is 2.74. The Balaban J connectivity index is 1.64. The Morgan fingerprint density at radius 3 is 2.28 bits per heavy atom. The number of carbonyl (C=O) groups is 1. The van der Waals surface area contributed by atoms with Crippen molar-refractivity contribution in [3.05, 3.63) is 24.3 Å². The summed E-state index contributed by atoms with van der Waals surface area (Å²) in [5.74, 6) is 0.534. The smallest absolute Gasteiger partial charge is 0.272 e. The van der Waals surface area contributed by atoms with Crippen molar-refractivity contribution in [3.63, 3.8) is 0 Å². The van der Waals surface area contributed by atoms with Gasteiger partial charge in [-0.1, -0.05) is 32.1 Å². The van der Waals surface area contributed by atoms with E-state index in [1.807, 2.05) is 24.3 Å². The second kappa shape index (κ2) is 8.25. The number of anilines is 2. The third-order valence-corrected chi connectivity index (χ3v) is 7.63. The van der Waals surface area contributed by atoms with Gasteiger partial charge in [0.05, 0.1) is 7.11 Å². The van der Waals surface area contributed by atoms with E-state index in [-0.39, 0.29) is 15.4 Å². The molecule has 0 bridgehead atoms. The van der Waals surface area contributed by atoms with Crippen molar-refractivity contribution < 1.29 is 17.9 Å². The Hall–Kier alpha value is -2.24. The van der Waals surface area contributed by atoms with E-state index in [9.17, 15) is 13.2 Å². The van der Waals surface area contributed by atoms with Gasteiger partial charge in [0.15, 0.2) is 0 Å². The molecule has 29 heavy (non-hydrogen) atoms. The normalized spacial score (nSPS) is 15.9. The van der Waals surface area contributed by atoms with Crippen LogP contribution in [-0.2, 0) is 14.8 Å². The summed E-state index contributed by atoms with van der Waals surface area (Å²) >= 11 is 0.868. The lowest BCUT2D eigenvalue weighted by molar-refractivity contribution is -0.123. The molecule has 1 saturated heterocycles. The van der Waals surface area contributed by atoms with Gasteiger partial charge in [-0.15, -0.1) is 10.2 Å². The van der Waals surface area contributed by atoms with Crippen molar-refractivity contribution >= 4 is 38.1 Å². The van der Waals surface area contributed by atoms with Crippen LogP contribution in [-0.4, -0.2) is 62.1 Å². The first-order chi connectivity index (χ1) is 13.6. The molecule has 0 aliphatic carbocycles. The zero-order valence-electron chi connectivity index (χ0n) is 16.9. The van der Waals surface area contributed by atoms with E-state index in [1.165, 1.54) is 4.31 Å². The van der Waals surface area contributed by atoms with Gasteiger partial charge < -0.3 is 15.0 Å². The highest BCUT2D eigenvalue weighted by molar-refractivity contribution is 7.91. The van der Waals surface area contributed by atoms with Crippen LogP contribution < -0.4 is 15.0 Å². The maximum atomic E-state index is 12.9. The average Bonchev–Trinajstić information content (AvgIpc) is 3.17. The Bertz CT molecular complexity index is 959. The maximum absolute atomic E-state index is 12.9. The lowest BCUT2D eigenvalue weighted by Crippen LogP contribution is -2.48. The molecule has 158 valence electrons. The molecule has 1 aromatic heterocycles. The van der Waals surface area contributed by atoms with E-state index in [2.05, 4.69) is 20.4 Å². The molecule has 1 fully saturated rings. The minimum absolute atomic E-state index is 0.111. The second-order valence-electron chi connectivity index (χ2n) is 7.67. The quantitative estimate of drug-likeness (QED) is 0.711. The lowest BCUT2D eigenvalue weighted by atomic mass is 9.96. The van der Waals surface area contributed by atoms with Gasteiger partial charge in [-0.05, 0) is 24.3 Å². The first-order valence-electron chi connectivity index (χ1n) is 9.15. The van der Waals surface area contributed by atoms with E-state index in [1.54, 1.807) is 27.9 Å². The van der Waals surface area contributed by atoms with Crippen molar-refractivity contribution in [1.29, 1.82) is 0 Å². The number of hydrogen-bond donors (Lipinski definition) is 1. The predicted octanol–water partition coefficient (Wildman–Crippen LogP) is 2.04. The molecule has 2 heterocycles. The molecule has 0 spiro atoms. The number of nitrogens with zero attached hydrogens (tertiary/aromatic N) is 4. The Morgan fingerprint density at radius 1 is 1.10 bits per heavy atom. The van der Waals surface area contributed by atoms with Crippen molar-refractivity contribution in [2.24, 2.45) is 5.41 Å². The van der Waals surface area contributed by atoms with Crippen LogP contribution >= 0.6 is 11.3 Å². The first-order valence-corrected chi connectivity index (χ1v) is 11.4. The molecule has 0 radical (unpaired) electrons. The third-order valence-electron chi connectivity index (χ3n) is 4.54. The summed E-state index contributed by atoms with van der Waals surface area (Å²) in [7, 11) is -2.13. The Labute approximate surface area is 174 Å². The summed E-state index contributed by atoms with van der Waals surface area (Å²) in [4.78, 5) is 14.2. The maximum Gasteiger partial charge on any atom is 0.272 e. The molecule has 3 rings (SSSR count). The van der Waals surface area contributed by atoms with E-state index in [4.69, 9.17) is 4.74 Å². The lowest BCUT2D eigenvalue weighted by Gasteiger charge is -2.34. The fraction of sp³-hybridized carbons (Fsp3) is 0.500. The molecule has 1 aliphatic rings. The van der Waals surface area contributed by atoms with Gasteiger partial charge in [0.25, 0.3) is 10.0 Å². The van der Waals surface area contributed by atoms with Crippen molar-refractivity contribution in [3.8, 4) is 5.75 Å². The summed E-state index contributed by atoms with van der Waals surface area (Å²) in [5.41, 5.74) is 0.411. The molecular formula is C18H25N5O4S2. The Morgan fingerprint density at radius 2 is 1.72 bits per heavy atom. The third kappa shape index (κ3) is 4.85. The van der Waals surface area contributed by atoms with E-state index < -0.39 is 15.4 Å². The van der Waals surface area contributed by atoms with Gasteiger partial charge in [-0.3, -0.25) is 4.79 Å². The molecule has 11 heteroatoms. The van der Waals surface area contributed by atoms with Gasteiger partial charge in [-0.2, -0.15) is 4.31 Å². The van der Waals surface area contributed by atoms with E-state index in [0.717, 1.165) is 22.8 Å². The van der Waals surface area contributed by atoms with E-state index >= 15 is 0 Å². The van der Waals surface area contributed by atoms with Crippen molar-refractivity contribution in [2.75, 3.05) is 43.5 Å². The van der Waals surface area contributed by atoms with Gasteiger partial charge >= 0.3 is 0 Å². The number of rotatable bonds is 5. The van der Waals surface area contributed by atoms with Crippen LogP contribution in [0.1, 0.15) is 20.8 Å². The van der Waals surface area contributed by atoms with Gasteiger partial charge in [0.2, 0.25) is 15.4 Å². The summed E-state index contributed by atoms with van der Waals surface area (Å²) in [6, 6.07) is 7.68. The monoisotopic (exact) mass is 439 g/mol. The van der Waals surface area contributed by atoms with Crippen LogP contribution in [0.25, 0.3) is 0 Å². The van der Waals surface area contributed by atoms with E-state index in [0.29, 0.717) is 26.2 Å². The highest BCUT2D eigenvalue weighted by atomic mass is 32.2. The number of sulfonamides is 1. The zero-order valence-corrected chi connectivity index (χ0v) is 18.5. The summed E-state index contributed by atoms with van der Waals surface area (Å²) in [6.07, 6.45) is 0. The highest BCUT2D eigenvalue weighted by Crippen LogP contribution is 2.27. The van der Waals surface area contributed by atoms with Crippen LogP contribution in [0.15, 0.2) is 28.6 Å². The fourth-order valence-corrected chi connectivity index (χ4v) is 5.19. The van der Waals surface area contributed by atoms with Crippen LogP contribution in [0.4, 0.5) is 10.8 Å². The minimum atomic E-state index is -3.75. The molecule has 0 atom stereocenters. The highest BCUT2D eigenvalue weighted by Gasteiger charge is 2.32. The number of amides is 1. The molecule has 1 aliphatic heterocycles. The van der Waals surface area contributed by atoms with Crippen LogP contribution in [0.2, 0.25) is 0 Å². The number of methoxy groups -OCH3 is 1. The summed E-state index contributed by atoms with van der Waals surface area (Å²) < 4.78 is 32.3. The summed E-state index contributed by atoms with van der Waals surface area (Å²) in [6.45, 7) is 7.13. The molecule has 1 N–H and O–H groups in total. The number of hydrogen-bond acceptors (Lipinski definition) is 8. The molecule has 2 aromatic rings. The van der Waals surface area contributed by atoms with Gasteiger partial charge in [0.1, 0.15) is 5.75 Å². The molecule has 0 saturated carbocycles. The number of benzene rings is 1. The molecule has 1 aromatic carbocycles. The minimum Gasteiger partial charge on any atom is -0.497 e. The van der Waals surface area contributed by atoms with Gasteiger partial charge in [0, 0.05) is 37.3 Å². The van der Waals surface area contributed by atoms with Crippen LogP contribution in [0.5, 0.6) is 5.75 Å². The number of piperazine rings is 1. The molecular weight excluding hydrogens is 414 g/mol. The second-order valence-corrected chi connectivity index (χ2v) is 10.8. The zero-order chi connectivity index (χ0) is 21.2. The van der Waals surface area contributed by atoms with Crippen LogP contribution in [0, 0.1) is 5.41 Å². The van der Waals surface area contributed by atoms with Crippen molar-refractivity contribution in [1.82, 2.24) is 14.5 Å². The number of nitrogens with one attached hydrogen (secondary N) is 1. The van der Waals surface area contributed by atoms with Crippen LogP contribution in [0.3, 0.4) is 0 Å². The first kappa shape index (κ1) is 21.5. The summed E-state index contributed by atoms with van der Waals surface area (Å²) in [5, 5.41) is 10.4. The topological polar surface area (TPSA) is 105 Å². The SMILES string of the molecule is COc1ccc(N2CCN(S(=O)(=O)c3nnc(NC(=O)C(C)(C)C)s3)CC2)cc1. The largest absolute Gasteiger partial charge is 0.497 e. The predicted molar refractivity (Wildman–Crippen MR) is 112 cm³/mol. The Kier molecular flexibility index (Phi) is 6.11.